The monoisotopic (exact) mass is 469 g/mol. The van der Waals surface area contributed by atoms with Gasteiger partial charge in [0.2, 0.25) is 0 Å². The van der Waals surface area contributed by atoms with Crippen LogP contribution in [0.2, 0.25) is 0 Å². The molecule has 1 aliphatic heterocycles. The standard InChI is InChI=1S/C15H24F3NO5.C2HF3O2/c1-14(2,10-19-6-3-4-11(19)12(20)21)5-7-23-8-9-24-13(22)15(16,17)18;3-2(4,5)1(6)7/h11H,3-10H2,1-2H3,(H,20,21);(H,6,7). The van der Waals surface area contributed by atoms with E-state index in [1.807, 2.05) is 18.7 Å². The van der Waals surface area contributed by atoms with Crippen LogP contribution in [0.4, 0.5) is 26.3 Å². The molecule has 0 spiro atoms. The van der Waals surface area contributed by atoms with Crippen LogP contribution in [0.3, 0.4) is 0 Å². The molecule has 0 aliphatic carbocycles. The minimum absolute atomic E-state index is 0.112. The first-order chi connectivity index (χ1) is 14.0. The molecule has 0 radical (unpaired) electrons. The number of carbonyl (C=O) groups excluding carboxylic acids is 1. The zero-order valence-corrected chi connectivity index (χ0v) is 16.9. The van der Waals surface area contributed by atoms with Gasteiger partial charge in [0, 0.05) is 13.2 Å². The van der Waals surface area contributed by atoms with Gasteiger partial charge in [-0.15, -0.1) is 0 Å². The third kappa shape index (κ3) is 12.4. The fourth-order valence-electron chi connectivity index (χ4n) is 2.65. The first-order valence-electron chi connectivity index (χ1n) is 9.06. The largest absolute Gasteiger partial charge is 0.490 e. The number of carbonyl (C=O) groups is 3. The number of hydrogen-bond acceptors (Lipinski definition) is 6. The number of nitrogens with zero attached hydrogens (tertiary/aromatic N) is 1. The van der Waals surface area contributed by atoms with E-state index in [4.69, 9.17) is 19.7 Å². The maximum Gasteiger partial charge on any atom is 0.490 e. The molecule has 1 atom stereocenters. The van der Waals surface area contributed by atoms with Gasteiger partial charge in [-0.1, -0.05) is 13.8 Å². The quantitative estimate of drug-likeness (QED) is 0.301. The summed E-state index contributed by atoms with van der Waals surface area (Å²) < 4.78 is 76.7. The van der Waals surface area contributed by atoms with Crippen molar-refractivity contribution in [2.45, 2.75) is 51.5 Å². The number of carboxylic acids is 2. The summed E-state index contributed by atoms with van der Waals surface area (Å²) in [6.07, 6.45) is -7.96. The predicted molar refractivity (Wildman–Crippen MR) is 92.2 cm³/mol. The Balaban J connectivity index is 0.00000110. The number of aliphatic carboxylic acids is 2. The molecule has 8 nitrogen and oxygen atoms in total. The fraction of sp³-hybridized carbons (Fsp3) is 0.824. The molecular formula is C17H25F6NO7. The van der Waals surface area contributed by atoms with Gasteiger partial charge in [0.05, 0.1) is 6.61 Å². The lowest BCUT2D eigenvalue weighted by atomic mass is 9.89. The first-order valence-corrected chi connectivity index (χ1v) is 9.06. The number of rotatable bonds is 9. The van der Waals surface area contributed by atoms with Crippen LogP contribution in [-0.4, -0.2) is 84.3 Å². The maximum atomic E-state index is 11.9. The van der Waals surface area contributed by atoms with Crippen molar-refractivity contribution in [2.24, 2.45) is 5.41 Å². The molecule has 1 fully saturated rings. The summed E-state index contributed by atoms with van der Waals surface area (Å²) in [6, 6.07) is -0.452. The molecule has 0 bridgehead atoms. The van der Waals surface area contributed by atoms with E-state index in [9.17, 15) is 35.9 Å². The molecule has 1 aliphatic rings. The van der Waals surface area contributed by atoms with Crippen LogP contribution in [0.5, 0.6) is 0 Å². The number of halogens is 6. The van der Waals surface area contributed by atoms with E-state index < -0.39 is 42.9 Å². The highest BCUT2D eigenvalue weighted by Crippen LogP contribution is 2.27. The SMILES string of the molecule is CC(C)(CCOCCOC(=O)C(F)(F)F)CN1CCCC1C(=O)O.O=C(O)C(F)(F)F. The lowest BCUT2D eigenvalue weighted by molar-refractivity contribution is -0.200. The van der Waals surface area contributed by atoms with Crippen LogP contribution in [-0.2, 0) is 23.9 Å². The third-order valence-corrected chi connectivity index (χ3v) is 4.14. The van der Waals surface area contributed by atoms with Crippen molar-refractivity contribution < 1.29 is 60.4 Å². The van der Waals surface area contributed by atoms with Gasteiger partial charge < -0.3 is 19.7 Å². The zero-order valence-electron chi connectivity index (χ0n) is 16.9. The molecule has 31 heavy (non-hydrogen) atoms. The van der Waals surface area contributed by atoms with Gasteiger partial charge in [0.1, 0.15) is 12.6 Å². The van der Waals surface area contributed by atoms with Crippen LogP contribution < -0.4 is 0 Å². The van der Waals surface area contributed by atoms with Crippen LogP contribution in [0.25, 0.3) is 0 Å². The second-order valence-electron chi connectivity index (χ2n) is 7.43. The normalized spacial score (nSPS) is 17.6. The van der Waals surface area contributed by atoms with E-state index in [-0.39, 0.29) is 12.0 Å². The van der Waals surface area contributed by atoms with Gasteiger partial charge in [-0.2, -0.15) is 26.3 Å². The highest BCUT2D eigenvalue weighted by Gasteiger charge is 2.41. The highest BCUT2D eigenvalue weighted by molar-refractivity contribution is 5.75. The summed E-state index contributed by atoms with van der Waals surface area (Å²) >= 11 is 0. The average Bonchev–Trinajstić information content (AvgIpc) is 3.04. The Kier molecular flexibility index (Phi) is 11.3. The van der Waals surface area contributed by atoms with Crippen molar-refractivity contribution in [3.05, 3.63) is 0 Å². The van der Waals surface area contributed by atoms with Crippen molar-refractivity contribution in [3.8, 4) is 0 Å². The third-order valence-electron chi connectivity index (χ3n) is 4.14. The molecule has 1 unspecified atom stereocenters. The van der Waals surface area contributed by atoms with Crippen molar-refractivity contribution >= 4 is 17.9 Å². The Hall–Kier alpha value is -2.09. The smallest absolute Gasteiger partial charge is 0.480 e. The summed E-state index contributed by atoms with van der Waals surface area (Å²) in [5, 5.41) is 16.3. The molecule has 1 heterocycles. The van der Waals surface area contributed by atoms with Crippen molar-refractivity contribution in [3.63, 3.8) is 0 Å². The van der Waals surface area contributed by atoms with Gasteiger partial charge >= 0.3 is 30.3 Å². The number of carboxylic acid groups (broad SMARTS) is 2. The van der Waals surface area contributed by atoms with Crippen molar-refractivity contribution in [1.82, 2.24) is 4.90 Å². The second-order valence-corrected chi connectivity index (χ2v) is 7.43. The molecular weight excluding hydrogens is 444 g/mol. The molecule has 0 aromatic heterocycles. The van der Waals surface area contributed by atoms with E-state index >= 15 is 0 Å². The number of alkyl halides is 6. The van der Waals surface area contributed by atoms with Gasteiger partial charge in [0.25, 0.3) is 0 Å². The number of esters is 1. The van der Waals surface area contributed by atoms with Gasteiger partial charge in [-0.05, 0) is 31.2 Å². The average molecular weight is 469 g/mol. The Labute approximate surface area is 174 Å². The van der Waals surface area contributed by atoms with E-state index in [1.165, 1.54) is 0 Å². The van der Waals surface area contributed by atoms with Gasteiger partial charge in [0.15, 0.2) is 0 Å². The van der Waals surface area contributed by atoms with E-state index in [0.717, 1.165) is 13.0 Å². The molecule has 0 saturated carbocycles. The van der Waals surface area contributed by atoms with Crippen LogP contribution in [0.1, 0.15) is 33.1 Å². The van der Waals surface area contributed by atoms with Crippen LogP contribution in [0.15, 0.2) is 0 Å². The van der Waals surface area contributed by atoms with Crippen molar-refractivity contribution in [2.75, 3.05) is 32.9 Å². The summed E-state index contributed by atoms with van der Waals surface area (Å²) in [4.78, 5) is 32.5. The summed E-state index contributed by atoms with van der Waals surface area (Å²) in [6.45, 7) is 5.05. The fourth-order valence-corrected chi connectivity index (χ4v) is 2.65. The van der Waals surface area contributed by atoms with E-state index in [0.29, 0.717) is 26.0 Å². The molecule has 1 saturated heterocycles. The number of hydrogen-bond donors (Lipinski definition) is 2. The van der Waals surface area contributed by atoms with Gasteiger partial charge in [-0.25, -0.2) is 9.59 Å². The molecule has 0 aromatic carbocycles. The van der Waals surface area contributed by atoms with Crippen LogP contribution >= 0.6 is 0 Å². The van der Waals surface area contributed by atoms with Crippen LogP contribution in [0, 0.1) is 5.41 Å². The Morgan fingerprint density at radius 3 is 1.97 bits per heavy atom. The maximum absolute atomic E-state index is 11.9. The zero-order chi connectivity index (χ0) is 24.5. The number of likely N-dealkylation sites (tertiary alicyclic amines) is 1. The van der Waals surface area contributed by atoms with E-state index in [2.05, 4.69) is 4.74 Å². The van der Waals surface area contributed by atoms with Gasteiger partial charge in [-0.3, -0.25) is 9.69 Å². The Morgan fingerprint density at radius 2 is 1.52 bits per heavy atom. The van der Waals surface area contributed by atoms with Crippen molar-refractivity contribution in [1.29, 1.82) is 0 Å². The van der Waals surface area contributed by atoms with E-state index in [1.54, 1.807) is 0 Å². The minimum atomic E-state index is -5.08. The molecule has 0 amide bonds. The molecule has 2 N–H and O–H groups in total. The predicted octanol–water partition coefficient (Wildman–Crippen LogP) is 2.71. The lowest BCUT2D eigenvalue weighted by Crippen LogP contribution is -2.42. The highest BCUT2D eigenvalue weighted by atomic mass is 19.4. The summed E-state index contributed by atoms with van der Waals surface area (Å²) in [5.41, 5.74) is -0.194. The Morgan fingerprint density at radius 1 is 0.968 bits per heavy atom. The molecule has 14 heteroatoms. The second kappa shape index (κ2) is 12.1. The first kappa shape index (κ1) is 28.9. The summed E-state index contributed by atoms with van der Waals surface area (Å²) in [5.74, 6) is -5.79. The Bertz CT molecular complexity index is 607. The topological polar surface area (TPSA) is 113 Å². The minimum Gasteiger partial charge on any atom is -0.480 e. The summed E-state index contributed by atoms with van der Waals surface area (Å²) in [7, 11) is 0. The molecule has 182 valence electrons. The molecule has 1 rings (SSSR count). The number of ether oxygens (including phenoxy) is 2. The lowest BCUT2D eigenvalue weighted by Gasteiger charge is -2.32. The molecule has 0 aromatic rings.